The molecule has 3 rings (SSSR count). The van der Waals surface area contributed by atoms with Gasteiger partial charge in [-0.2, -0.15) is 0 Å². The topological polar surface area (TPSA) is 43.0 Å². The molecule has 0 spiro atoms. The predicted octanol–water partition coefficient (Wildman–Crippen LogP) is 4.39. The van der Waals surface area contributed by atoms with Crippen LogP contribution in [0.3, 0.4) is 0 Å². The lowest BCUT2D eigenvalue weighted by Gasteiger charge is -2.28. The average molecular weight is 356 g/mol. The van der Waals surface area contributed by atoms with Crippen molar-refractivity contribution in [3.05, 3.63) is 42.5 Å². The second-order valence-electron chi connectivity index (χ2n) is 6.81. The van der Waals surface area contributed by atoms with Gasteiger partial charge in [0.15, 0.2) is 0 Å². The number of nitrogens with one attached hydrogen (secondary N) is 1. The first-order valence-electron chi connectivity index (χ1n) is 9.17. The van der Waals surface area contributed by atoms with E-state index >= 15 is 0 Å². The lowest BCUT2D eigenvalue weighted by atomic mass is 10.2. The molecule has 0 radical (unpaired) electrons. The van der Waals surface area contributed by atoms with E-state index in [1.807, 2.05) is 37.3 Å². The largest absolute Gasteiger partial charge is 0.497 e. The molecule has 1 aliphatic heterocycles. The Balaban J connectivity index is 1.75. The highest BCUT2D eigenvalue weighted by Crippen LogP contribution is 2.38. The molecule has 0 saturated heterocycles. The second kappa shape index (κ2) is 8.21. The zero-order valence-corrected chi connectivity index (χ0v) is 16.0. The van der Waals surface area contributed by atoms with Crippen molar-refractivity contribution in [2.24, 2.45) is 5.92 Å². The standard InChI is InChI=1S/C21H28N2O3/c1-5-25-18-9-10-19-20(12-18)23(13-15(2)3)21(22-19)14-26-17-8-6-7-16(11-17)24-4/h6-12,15,21-22H,5,13-14H2,1-4H3. The van der Waals surface area contributed by atoms with Crippen LogP contribution in [0.25, 0.3) is 0 Å². The minimum absolute atomic E-state index is 0.0791. The van der Waals surface area contributed by atoms with Crippen LogP contribution in [0.5, 0.6) is 17.2 Å². The maximum atomic E-state index is 6.04. The summed E-state index contributed by atoms with van der Waals surface area (Å²) in [5.41, 5.74) is 2.29. The smallest absolute Gasteiger partial charge is 0.134 e. The van der Waals surface area contributed by atoms with E-state index in [-0.39, 0.29) is 6.17 Å². The van der Waals surface area contributed by atoms with E-state index in [1.54, 1.807) is 7.11 Å². The Bertz CT molecular complexity index is 733. The van der Waals surface area contributed by atoms with E-state index in [4.69, 9.17) is 14.2 Å². The van der Waals surface area contributed by atoms with Gasteiger partial charge < -0.3 is 24.4 Å². The number of fused-ring (bicyclic) bond motifs is 1. The summed E-state index contributed by atoms with van der Waals surface area (Å²) in [5, 5.41) is 3.57. The molecule has 0 aromatic heterocycles. The van der Waals surface area contributed by atoms with Gasteiger partial charge in [0.05, 0.1) is 25.1 Å². The van der Waals surface area contributed by atoms with Crippen molar-refractivity contribution in [3.8, 4) is 17.2 Å². The average Bonchev–Trinajstić information content (AvgIpc) is 2.97. The first-order chi connectivity index (χ1) is 12.6. The van der Waals surface area contributed by atoms with Crippen LogP contribution in [0.15, 0.2) is 42.5 Å². The van der Waals surface area contributed by atoms with Gasteiger partial charge in [-0.25, -0.2) is 0 Å². The molecular weight excluding hydrogens is 328 g/mol. The normalized spacial score (nSPS) is 15.6. The van der Waals surface area contributed by atoms with Crippen LogP contribution >= 0.6 is 0 Å². The third kappa shape index (κ3) is 4.15. The molecule has 2 aromatic rings. The molecule has 1 atom stereocenters. The van der Waals surface area contributed by atoms with E-state index < -0.39 is 0 Å². The monoisotopic (exact) mass is 356 g/mol. The second-order valence-corrected chi connectivity index (χ2v) is 6.81. The van der Waals surface area contributed by atoms with Crippen LogP contribution in [0.1, 0.15) is 20.8 Å². The fourth-order valence-electron chi connectivity index (χ4n) is 3.17. The molecule has 0 saturated carbocycles. The third-order valence-electron chi connectivity index (χ3n) is 4.30. The van der Waals surface area contributed by atoms with Gasteiger partial charge in [-0.05, 0) is 37.1 Å². The van der Waals surface area contributed by atoms with Crippen molar-refractivity contribution in [2.75, 3.05) is 37.1 Å². The van der Waals surface area contributed by atoms with Crippen molar-refractivity contribution < 1.29 is 14.2 Å². The van der Waals surface area contributed by atoms with E-state index in [2.05, 4.69) is 36.2 Å². The van der Waals surface area contributed by atoms with E-state index in [1.165, 1.54) is 5.69 Å². The van der Waals surface area contributed by atoms with Gasteiger partial charge in [-0.15, -0.1) is 0 Å². The fraction of sp³-hybridized carbons (Fsp3) is 0.429. The van der Waals surface area contributed by atoms with Gasteiger partial charge in [0.2, 0.25) is 0 Å². The Hall–Kier alpha value is -2.56. The molecule has 140 valence electrons. The number of hydrogen-bond donors (Lipinski definition) is 1. The first kappa shape index (κ1) is 18.2. The third-order valence-corrected chi connectivity index (χ3v) is 4.30. The van der Waals surface area contributed by atoms with Crippen molar-refractivity contribution in [1.29, 1.82) is 0 Å². The molecule has 5 nitrogen and oxygen atoms in total. The van der Waals surface area contributed by atoms with Crippen molar-refractivity contribution in [2.45, 2.75) is 26.9 Å². The summed E-state index contributed by atoms with van der Waals surface area (Å²) in [4.78, 5) is 2.36. The van der Waals surface area contributed by atoms with Crippen LogP contribution in [0.2, 0.25) is 0 Å². The Morgan fingerprint density at radius 3 is 2.54 bits per heavy atom. The van der Waals surface area contributed by atoms with E-state index in [0.29, 0.717) is 19.1 Å². The fourth-order valence-corrected chi connectivity index (χ4v) is 3.17. The van der Waals surface area contributed by atoms with Crippen LogP contribution in [-0.2, 0) is 0 Å². The Kier molecular flexibility index (Phi) is 5.76. The van der Waals surface area contributed by atoms with Gasteiger partial charge in [0, 0.05) is 18.7 Å². The number of anilines is 2. The maximum Gasteiger partial charge on any atom is 0.134 e. The lowest BCUT2D eigenvalue weighted by Crippen LogP contribution is -2.42. The summed E-state index contributed by atoms with van der Waals surface area (Å²) in [5.74, 6) is 3.04. The highest BCUT2D eigenvalue weighted by Gasteiger charge is 2.30. The van der Waals surface area contributed by atoms with Crippen molar-refractivity contribution in [1.82, 2.24) is 0 Å². The lowest BCUT2D eigenvalue weighted by molar-refractivity contribution is 0.291. The summed E-state index contributed by atoms with van der Waals surface area (Å²) >= 11 is 0. The zero-order chi connectivity index (χ0) is 18.5. The van der Waals surface area contributed by atoms with Crippen LogP contribution in [-0.4, -0.2) is 33.0 Å². The Morgan fingerprint density at radius 1 is 1.04 bits per heavy atom. The van der Waals surface area contributed by atoms with Gasteiger partial charge in [0.1, 0.15) is 30.0 Å². The molecular formula is C21H28N2O3. The van der Waals surface area contributed by atoms with E-state index in [0.717, 1.165) is 29.5 Å². The molecule has 0 bridgehead atoms. The number of methoxy groups -OCH3 is 1. The zero-order valence-electron chi connectivity index (χ0n) is 16.0. The molecule has 0 aliphatic carbocycles. The number of rotatable bonds is 8. The summed E-state index contributed by atoms with van der Waals surface area (Å²) in [6.07, 6.45) is 0.0791. The molecule has 5 heteroatoms. The Morgan fingerprint density at radius 2 is 1.81 bits per heavy atom. The quantitative estimate of drug-likeness (QED) is 0.760. The Labute approximate surface area is 155 Å². The SMILES string of the molecule is CCOc1ccc2c(c1)N(CC(C)C)C(COc1cccc(OC)c1)N2. The molecule has 1 aliphatic rings. The van der Waals surface area contributed by atoms with Gasteiger partial charge >= 0.3 is 0 Å². The van der Waals surface area contributed by atoms with Gasteiger partial charge in [-0.3, -0.25) is 0 Å². The highest BCUT2D eigenvalue weighted by atomic mass is 16.5. The molecule has 2 aromatic carbocycles. The van der Waals surface area contributed by atoms with Gasteiger partial charge in [0.25, 0.3) is 0 Å². The minimum atomic E-state index is 0.0791. The minimum Gasteiger partial charge on any atom is -0.497 e. The van der Waals surface area contributed by atoms with Gasteiger partial charge in [-0.1, -0.05) is 19.9 Å². The van der Waals surface area contributed by atoms with Crippen LogP contribution < -0.4 is 24.4 Å². The number of hydrogen-bond acceptors (Lipinski definition) is 5. The molecule has 1 N–H and O–H groups in total. The molecule has 0 fully saturated rings. The van der Waals surface area contributed by atoms with Crippen LogP contribution in [0.4, 0.5) is 11.4 Å². The number of nitrogens with zero attached hydrogens (tertiary/aromatic N) is 1. The predicted molar refractivity (Wildman–Crippen MR) is 106 cm³/mol. The van der Waals surface area contributed by atoms with Crippen LogP contribution in [0, 0.1) is 5.92 Å². The summed E-state index contributed by atoms with van der Waals surface area (Å²) in [6, 6.07) is 13.9. The number of benzene rings is 2. The first-order valence-corrected chi connectivity index (χ1v) is 9.17. The molecule has 26 heavy (non-hydrogen) atoms. The molecule has 1 unspecified atom stereocenters. The molecule has 1 heterocycles. The highest BCUT2D eigenvalue weighted by molar-refractivity contribution is 5.77. The number of ether oxygens (including phenoxy) is 3. The summed E-state index contributed by atoms with van der Waals surface area (Å²) < 4.78 is 17.0. The van der Waals surface area contributed by atoms with E-state index in [9.17, 15) is 0 Å². The van der Waals surface area contributed by atoms with Crippen molar-refractivity contribution in [3.63, 3.8) is 0 Å². The molecule has 0 amide bonds. The summed E-state index contributed by atoms with van der Waals surface area (Å²) in [7, 11) is 1.66. The van der Waals surface area contributed by atoms with Crippen molar-refractivity contribution >= 4 is 11.4 Å². The summed E-state index contributed by atoms with van der Waals surface area (Å²) in [6.45, 7) is 8.61. The maximum absolute atomic E-state index is 6.04.